The van der Waals surface area contributed by atoms with Gasteiger partial charge in [-0.2, -0.15) is 5.10 Å². The molecule has 0 radical (unpaired) electrons. The van der Waals surface area contributed by atoms with E-state index in [9.17, 15) is 18.4 Å². The molecule has 0 atom stereocenters. The number of aromatic nitrogens is 3. The minimum Gasteiger partial charge on any atom is -0.352 e. The minimum absolute atomic E-state index is 0.0586. The quantitative estimate of drug-likeness (QED) is 0.641. The summed E-state index contributed by atoms with van der Waals surface area (Å²) in [7, 11) is 0. The van der Waals surface area contributed by atoms with E-state index in [2.05, 4.69) is 15.4 Å². The molecule has 7 nitrogen and oxygen atoms in total. The van der Waals surface area contributed by atoms with Crippen molar-refractivity contribution in [2.45, 2.75) is 25.9 Å². The fourth-order valence-corrected chi connectivity index (χ4v) is 3.78. The van der Waals surface area contributed by atoms with Crippen LogP contribution in [0.25, 0.3) is 0 Å². The van der Waals surface area contributed by atoms with Crippen molar-refractivity contribution in [3.05, 3.63) is 83.4 Å². The van der Waals surface area contributed by atoms with Gasteiger partial charge in [-0.3, -0.25) is 9.59 Å². The Balaban J connectivity index is 1.24. The van der Waals surface area contributed by atoms with Crippen molar-refractivity contribution in [2.75, 3.05) is 13.1 Å². The van der Waals surface area contributed by atoms with Crippen LogP contribution in [0, 0.1) is 17.6 Å². The Bertz CT molecular complexity index is 1080. The monoisotopic (exact) mass is 439 g/mol. The first-order valence-electron chi connectivity index (χ1n) is 10.4. The van der Waals surface area contributed by atoms with Gasteiger partial charge in [-0.15, -0.1) is 0 Å². The predicted octanol–water partition coefficient (Wildman–Crippen LogP) is 2.77. The van der Waals surface area contributed by atoms with Gasteiger partial charge < -0.3 is 10.2 Å². The van der Waals surface area contributed by atoms with Crippen molar-refractivity contribution in [1.82, 2.24) is 25.0 Å². The molecule has 0 bridgehead atoms. The Kier molecular flexibility index (Phi) is 6.53. The van der Waals surface area contributed by atoms with Crippen LogP contribution in [0.2, 0.25) is 0 Å². The van der Waals surface area contributed by atoms with E-state index in [0.29, 0.717) is 45.1 Å². The highest BCUT2D eigenvalue weighted by atomic mass is 19.1. The van der Waals surface area contributed by atoms with Crippen LogP contribution >= 0.6 is 0 Å². The van der Waals surface area contributed by atoms with Crippen LogP contribution < -0.4 is 5.32 Å². The number of carbonyl (C=O) groups is 2. The summed E-state index contributed by atoms with van der Waals surface area (Å²) in [5, 5.41) is 7.03. The van der Waals surface area contributed by atoms with Crippen LogP contribution in [0.4, 0.5) is 8.78 Å². The number of carbonyl (C=O) groups excluding carboxylic acids is 2. The first kappa shape index (κ1) is 21.6. The van der Waals surface area contributed by atoms with Crippen LogP contribution in [-0.4, -0.2) is 44.6 Å². The first-order chi connectivity index (χ1) is 15.5. The van der Waals surface area contributed by atoms with E-state index in [-0.39, 0.29) is 17.4 Å². The molecule has 0 spiro atoms. The van der Waals surface area contributed by atoms with Crippen molar-refractivity contribution in [3.8, 4) is 0 Å². The average Bonchev–Trinajstić information content (AvgIpc) is 3.31. The summed E-state index contributed by atoms with van der Waals surface area (Å²) in [5.74, 6) is -2.34. The molecule has 32 heavy (non-hydrogen) atoms. The molecule has 1 aliphatic rings. The molecule has 2 heterocycles. The highest BCUT2D eigenvalue weighted by molar-refractivity contribution is 5.94. The molecule has 1 fully saturated rings. The summed E-state index contributed by atoms with van der Waals surface area (Å²) in [6.45, 7) is 1.75. The topological polar surface area (TPSA) is 80.1 Å². The second kappa shape index (κ2) is 9.67. The van der Waals surface area contributed by atoms with Gasteiger partial charge in [-0.25, -0.2) is 18.4 Å². The molecule has 0 saturated carbocycles. The van der Waals surface area contributed by atoms with Crippen molar-refractivity contribution < 1.29 is 18.4 Å². The lowest BCUT2D eigenvalue weighted by atomic mass is 9.95. The summed E-state index contributed by atoms with van der Waals surface area (Å²) in [6, 6.07) is 10.8. The zero-order valence-electron chi connectivity index (χ0n) is 17.4. The average molecular weight is 439 g/mol. The van der Waals surface area contributed by atoms with Gasteiger partial charge in [0.2, 0.25) is 5.91 Å². The lowest BCUT2D eigenvalue weighted by Gasteiger charge is -2.31. The van der Waals surface area contributed by atoms with Gasteiger partial charge in [0.15, 0.2) is 0 Å². The molecule has 3 aromatic rings. The van der Waals surface area contributed by atoms with Gasteiger partial charge in [-0.1, -0.05) is 24.3 Å². The molecule has 2 amide bonds. The summed E-state index contributed by atoms with van der Waals surface area (Å²) in [5.41, 5.74) is 1.92. The van der Waals surface area contributed by atoms with E-state index >= 15 is 0 Å². The van der Waals surface area contributed by atoms with Crippen molar-refractivity contribution in [2.24, 2.45) is 5.92 Å². The molecule has 0 aliphatic carbocycles. The number of rotatable bonds is 6. The van der Waals surface area contributed by atoms with Crippen molar-refractivity contribution in [3.63, 3.8) is 0 Å². The third-order valence-corrected chi connectivity index (χ3v) is 5.62. The normalized spacial score (nSPS) is 14.4. The Hall–Kier alpha value is -3.62. The number of piperidine rings is 1. The number of halogens is 2. The van der Waals surface area contributed by atoms with Crippen molar-refractivity contribution >= 4 is 11.8 Å². The lowest BCUT2D eigenvalue weighted by molar-refractivity contribution is -0.126. The maximum absolute atomic E-state index is 13.9. The molecule has 0 unspecified atom stereocenters. The molecular weight excluding hydrogens is 416 g/mol. The molecule has 1 aromatic heterocycles. The summed E-state index contributed by atoms with van der Waals surface area (Å²) in [6.07, 6.45) is 4.14. The van der Waals surface area contributed by atoms with Crippen molar-refractivity contribution in [1.29, 1.82) is 0 Å². The maximum Gasteiger partial charge on any atom is 0.256 e. The third-order valence-electron chi connectivity index (χ3n) is 5.62. The van der Waals surface area contributed by atoms with Gasteiger partial charge in [0.1, 0.15) is 24.3 Å². The molecule has 1 saturated heterocycles. The van der Waals surface area contributed by atoms with E-state index in [1.54, 1.807) is 11.0 Å². The number of hydrogen-bond donors (Lipinski definition) is 1. The highest BCUT2D eigenvalue weighted by Crippen LogP contribution is 2.21. The molecule has 9 heteroatoms. The predicted molar refractivity (Wildman–Crippen MR) is 112 cm³/mol. The van der Waals surface area contributed by atoms with Gasteiger partial charge in [0.25, 0.3) is 5.91 Å². The Labute approximate surface area is 184 Å². The van der Waals surface area contributed by atoms with Gasteiger partial charge in [0, 0.05) is 31.6 Å². The summed E-state index contributed by atoms with van der Waals surface area (Å²) in [4.78, 5) is 30.5. The second-order valence-electron chi connectivity index (χ2n) is 7.82. The maximum atomic E-state index is 13.9. The zero-order valence-corrected chi connectivity index (χ0v) is 17.4. The molecule has 166 valence electrons. The number of likely N-dealkylation sites (tertiary alicyclic amines) is 1. The molecule has 2 aromatic carbocycles. The minimum atomic E-state index is -0.873. The molecule has 1 N–H and O–H groups in total. The summed E-state index contributed by atoms with van der Waals surface area (Å²) < 4.78 is 28.7. The van der Waals surface area contributed by atoms with Crippen LogP contribution in [0.3, 0.4) is 0 Å². The van der Waals surface area contributed by atoms with Crippen LogP contribution in [0.5, 0.6) is 0 Å². The molecular formula is C23H23F2N5O2. The Morgan fingerprint density at radius 1 is 1.03 bits per heavy atom. The summed E-state index contributed by atoms with van der Waals surface area (Å²) >= 11 is 0. The fourth-order valence-electron chi connectivity index (χ4n) is 3.78. The fraction of sp³-hybridized carbons (Fsp3) is 0.304. The number of benzene rings is 2. The Morgan fingerprint density at radius 3 is 2.41 bits per heavy atom. The number of nitrogens with one attached hydrogen (secondary N) is 1. The van der Waals surface area contributed by atoms with Gasteiger partial charge in [0.05, 0.1) is 12.1 Å². The van der Waals surface area contributed by atoms with E-state index in [1.807, 2.05) is 24.3 Å². The number of amides is 2. The van der Waals surface area contributed by atoms with Crippen LogP contribution in [-0.2, 0) is 17.9 Å². The second-order valence-corrected chi connectivity index (χ2v) is 7.82. The third kappa shape index (κ3) is 5.16. The van der Waals surface area contributed by atoms with Crippen LogP contribution in [0.1, 0.15) is 34.3 Å². The number of hydrogen-bond acceptors (Lipinski definition) is 4. The van der Waals surface area contributed by atoms with Crippen LogP contribution in [0.15, 0.2) is 55.1 Å². The molecule has 4 rings (SSSR count). The lowest BCUT2D eigenvalue weighted by Crippen LogP contribution is -2.43. The number of nitrogens with zero attached hydrogens (tertiary/aromatic N) is 4. The van der Waals surface area contributed by atoms with Gasteiger partial charge in [-0.05, 0) is 36.1 Å². The van der Waals surface area contributed by atoms with E-state index in [1.165, 1.54) is 11.2 Å². The molecule has 1 aliphatic heterocycles. The van der Waals surface area contributed by atoms with E-state index in [0.717, 1.165) is 23.3 Å². The van der Waals surface area contributed by atoms with E-state index in [4.69, 9.17) is 0 Å². The SMILES string of the molecule is O=C(NCc1ccc(Cn2cncn2)cc1)C1CCN(C(=O)c2ccc(F)cc2F)CC1. The highest BCUT2D eigenvalue weighted by Gasteiger charge is 2.28. The standard InChI is InChI=1S/C23H23F2N5O2/c24-19-5-6-20(21(25)11-19)23(32)29-9-7-18(8-10-29)22(31)27-12-16-1-3-17(4-2-16)13-30-15-26-14-28-30/h1-6,11,14-15,18H,7-10,12-13H2,(H,27,31). The van der Waals surface area contributed by atoms with E-state index < -0.39 is 17.5 Å². The first-order valence-corrected chi connectivity index (χ1v) is 10.4. The largest absolute Gasteiger partial charge is 0.352 e. The zero-order chi connectivity index (χ0) is 22.5. The Morgan fingerprint density at radius 2 is 1.75 bits per heavy atom. The smallest absolute Gasteiger partial charge is 0.256 e. The van der Waals surface area contributed by atoms with Gasteiger partial charge >= 0.3 is 0 Å².